The number of hydrogen-bond donors (Lipinski definition) is 3. The number of methoxy groups -OCH3 is 1. The standard InChI is InChI=1S/C12H20N2O2/c1-8-4-9(2)12(16-3)11(5-8)14-6-10(13)7-15/h4-5,10,14-15H,6-7,13H2,1-3H3. The van der Waals surface area contributed by atoms with Crippen LogP contribution < -0.4 is 15.8 Å². The fraction of sp³-hybridized carbons (Fsp3) is 0.500. The molecule has 0 saturated heterocycles. The number of aliphatic hydroxyl groups excluding tert-OH is 1. The molecule has 1 unspecified atom stereocenters. The van der Waals surface area contributed by atoms with E-state index in [1.807, 2.05) is 19.9 Å². The molecule has 0 radical (unpaired) electrons. The molecule has 1 aromatic rings. The molecule has 16 heavy (non-hydrogen) atoms. The van der Waals surface area contributed by atoms with Crippen LogP contribution in [-0.4, -0.2) is 31.4 Å². The summed E-state index contributed by atoms with van der Waals surface area (Å²) in [5, 5.41) is 12.0. The first-order valence-corrected chi connectivity index (χ1v) is 5.34. The zero-order valence-electron chi connectivity index (χ0n) is 10.1. The van der Waals surface area contributed by atoms with E-state index in [1.165, 1.54) is 5.56 Å². The maximum atomic E-state index is 8.85. The van der Waals surface area contributed by atoms with Crippen molar-refractivity contribution in [2.45, 2.75) is 19.9 Å². The predicted octanol–water partition coefficient (Wildman–Crippen LogP) is 1.04. The van der Waals surface area contributed by atoms with Crippen LogP contribution in [0.4, 0.5) is 5.69 Å². The summed E-state index contributed by atoms with van der Waals surface area (Å²) in [4.78, 5) is 0. The molecule has 1 rings (SSSR count). The second-order valence-corrected chi connectivity index (χ2v) is 3.99. The highest BCUT2D eigenvalue weighted by molar-refractivity contribution is 5.61. The van der Waals surface area contributed by atoms with Crippen molar-refractivity contribution in [1.82, 2.24) is 0 Å². The fourth-order valence-corrected chi connectivity index (χ4v) is 1.66. The van der Waals surface area contributed by atoms with E-state index in [1.54, 1.807) is 7.11 Å². The third-order valence-corrected chi connectivity index (χ3v) is 2.41. The van der Waals surface area contributed by atoms with Crippen LogP contribution in [0.2, 0.25) is 0 Å². The smallest absolute Gasteiger partial charge is 0.144 e. The molecule has 4 N–H and O–H groups in total. The van der Waals surface area contributed by atoms with Gasteiger partial charge in [0, 0.05) is 12.6 Å². The summed E-state index contributed by atoms with van der Waals surface area (Å²) in [7, 11) is 1.65. The summed E-state index contributed by atoms with van der Waals surface area (Å²) in [5.41, 5.74) is 8.81. The molecule has 0 heterocycles. The molecule has 0 aliphatic carbocycles. The van der Waals surface area contributed by atoms with E-state index in [0.717, 1.165) is 17.0 Å². The van der Waals surface area contributed by atoms with Crippen LogP contribution in [0.25, 0.3) is 0 Å². The molecule has 0 amide bonds. The molecule has 0 spiro atoms. The second kappa shape index (κ2) is 5.72. The Kier molecular flexibility index (Phi) is 4.58. The van der Waals surface area contributed by atoms with E-state index in [-0.39, 0.29) is 12.6 Å². The van der Waals surface area contributed by atoms with Crippen LogP contribution in [0.1, 0.15) is 11.1 Å². The van der Waals surface area contributed by atoms with Gasteiger partial charge in [-0.3, -0.25) is 0 Å². The molecule has 0 aliphatic heterocycles. The van der Waals surface area contributed by atoms with Gasteiger partial charge in [0.2, 0.25) is 0 Å². The van der Waals surface area contributed by atoms with E-state index < -0.39 is 0 Å². The van der Waals surface area contributed by atoms with Gasteiger partial charge in [-0.1, -0.05) is 6.07 Å². The van der Waals surface area contributed by atoms with Gasteiger partial charge >= 0.3 is 0 Å². The summed E-state index contributed by atoms with van der Waals surface area (Å²) in [6, 6.07) is 3.82. The number of nitrogens with one attached hydrogen (secondary N) is 1. The summed E-state index contributed by atoms with van der Waals surface area (Å²) < 4.78 is 5.33. The lowest BCUT2D eigenvalue weighted by Crippen LogP contribution is -2.32. The number of aryl methyl sites for hydroxylation is 2. The van der Waals surface area contributed by atoms with Crippen molar-refractivity contribution < 1.29 is 9.84 Å². The van der Waals surface area contributed by atoms with Crippen molar-refractivity contribution in [3.8, 4) is 5.75 Å². The highest BCUT2D eigenvalue weighted by Gasteiger charge is 2.08. The maximum Gasteiger partial charge on any atom is 0.144 e. The Morgan fingerprint density at radius 2 is 2.12 bits per heavy atom. The Balaban J connectivity index is 2.85. The Hall–Kier alpha value is -1.26. The van der Waals surface area contributed by atoms with Crippen LogP contribution in [0, 0.1) is 13.8 Å². The van der Waals surface area contributed by atoms with Crippen molar-refractivity contribution in [2.24, 2.45) is 5.73 Å². The van der Waals surface area contributed by atoms with Crippen molar-refractivity contribution in [1.29, 1.82) is 0 Å². The van der Waals surface area contributed by atoms with Crippen LogP contribution in [0.3, 0.4) is 0 Å². The van der Waals surface area contributed by atoms with Crippen LogP contribution in [-0.2, 0) is 0 Å². The molecule has 0 fully saturated rings. The summed E-state index contributed by atoms with van der Waals surface area (Å²) >= 11 is 0. The Labute approximate surface area is 96.4 Å². The molecular weight excluding hydrogens is 204 g/mol. The van der Waals surface area contributed by atoms with Crippen LogP contribution >= 0.6 is 0 Å². The van der Waals surface area contributed by atoms with Crippen LogP contribution in [0.15, 0.2) is 12.1 Å². The predicted molar refractivity (Wildman–Crippen MR) is 66.0 cm³/mol. The van der Waals surface area contributed by atoms with Gasteiger partial charge in [-0.05, 0) is 31.0 Å². The number of ether oxygens (including phenoxy) is 1. The van der Waals surface area contributed by atoms with Gasteiger partial charge in [0.15, 0.2) is 0 Å². The van der Waals surface area contributed by atoms with Crippen molar-refractivity contribution in [3.63, 3.8) is 0 Å². The van der Waals surface area contributed by atoms with Gasteiger partial charge in [-0.25, -0.2) is 0 Å². The van der Waals surface area contributed by atoms with E-state index in [2.05, 4.69) is 11.4 Å². The van der Waals surface area contributed by atoms with Gasteiger partial charge in [0.05, 0.1) is 19.4 Å². The van der Waals surface area contributed by atoms with Gasteiger partial charge < -0.3 is 20.9 Å². The van der Waals surface area contributed by atoms with E-state index >= 15 is 0 Å². The third kappa shape index (κ3) is 3.12. The number of hydrogen-bond acceptors (Lipinski definition) is 4. The van der Waals surface area contributed by atoms with Crippen LogP contribution in [0.5, 0.6) is 5.75 Å². The van der Waals surface area contributed by atoms with Gasteiger partial charge in [0.25, 0.3) is 0 Å². The molecular formula is C12H20N2O2. The highest BCUT2D eigenvalue weighted by Crippen LogP contribution is 2.29. The lowest BCUT2D eigenvalue weighted by molar-refractivity contribution is 0.270. The number of benzene rings is 1. The number of nitrogens with two attached hydrogens (primary N) is 1. The topological polar surface area (TPSA) is 67.5 Å². The maximum absolute atomic E-state index is 8.85. The quantitative estimate of drug-likeness (QED) is 0.699. The molecule has 4 nitrogen and oxygen atoms in total. The zero-order valence-corrected chi connectivity index (χ0v) is 10.1. The van der Waals surface area contributed by atoms with Gasteiger partial charge in [0.1, 0.15) is 5.75 Å². The number of rotatable bonds is 5. The minimum Gasteiger partial charge on any atom is -0.494 e. The first-order valence-electron chi connectivity index (χ1n) is 5.34. The number of aliphatic hydroxyl groups is 1. The van der Waals surface area contributed by atoms with Crippen molar-refractivity contribution >= 4 is 5.69 Å². The molecule has 0 aromatic heterocycles. The third-order valence-electron chi connectivity index (χ3n) is 2.41. The summed E-state index contributed by atoms with van der Waals surface area (Å²) in [5.74, 6) is 0.829. The van der Waals surface area contributed by atoms with Gasteiger partial charge in [-0.2, -0.15) is 0 Å². The van der Waals surface area contributed by atoms with E-state index in [4.69, 9.17) is 15.6 Å². The van der Waals surface area contributed by atoms with Gasteiger partial charge in [-0.15, -0.1) is 0 Å². The normalized spacial score (nSPS) is 12.3. The average Bonchev–Trinajstić information content (AvgIpc) is 2.25. The molecule has 1 aromatic carbocycles. The summed E-state index contributed by atoms with van der Waals surface area (Å²) in [6.07, 6.45) is 0. The van der Waals surface area contributed by atoms with E-state index in [9.17, 15) is 0 Å². The Morgan fingerprint density at radius 3 is 2.69 bits per heavy atom. The lowest BCUT2D eigenvalue weighted by Gasteiger charge is -2.16. The molecule has 90 valence electrons. The largest absolute Gasteiger partial charge is 0.494 e. The second-order valence-electron chi connectivity index (χ2n) is 3.99. The first kappa shape index (κ1) is 12.8. The van der Waals surface area contributed by atoms with E-state index in [0.29, 0.717) is 6.54 Å². The highest BCUT2D eigenvalue weighted by atomic mass is 16.5. The molecule has 0 bridgehead atoms. The molecule has 4 heteroatoms. The molecule has 1 atom stereocenters. The Morgan fingerprint density at radius 1 is 1.44 bits per heavy atom. The Bertz CT molecular complexity index is 353. The molecule has 0 aliphatic rings. The summed E-state index contributed by atoms with van der Waals surface area (Å²) in [6.45, 7) is 4.53. The fourth-order valence-electron chi connectivity index (χ4n) is 1.66. The SMILES string of the molecule is COc1c(C)cc(C)cc1NCC(N)CO. The monoisotopic (exact) mass is 224 g/mol. The number of anilines is 1. The minimum atomic E-state index is -0.259. The van der Waals surface area contributed by atoms with Crippen molar-refractivity contribution in [3.05, 3.63) is 23.3 Å². The molecule has 0 saturated carbocycles. The van der Waals surface area contributed by atoms with Crippen molar-refractivity contribution in [2.75, 3.05) is 25.6 Å². The zero-order chi connectivity index (χ0) is 12.1. The first-order chi connectivity index (χ1) is 7.58. The lowest BCUT2D eigenvalue weighted by atomic mass is 10.1. The average molecular weight is 224 g/mol. The minimum absolute atomic E-state index is 0.0277.